The molecule has 31 heavy (non-hydrogen) atoms. The van der Waals surface area contributed by atoms with E-state index in [0.29, 0.717) is 21.8 Å². The van der Waals surface area contributed by atoms with E-state index < -0.39 is 5.91 Å². The molecule has 156 valence electrons. The molecule has 6 heteroatoms. The number of rotatable bonds is 5. The maximum absolute atomic E-state index is 13.5. The van der Waals surface area contributed by atoms with E-state index in [-0.39, 0.29) is 11.6 Å². The van der Waals surface area contributed by atoms with Crippen molar-refractivity contribution in [1.29, 1.82) is 0 Å². The van der Waals surface area contributed by atoms with Crippen LogP contribution in [0.25, 0.3) is 5.57 Å². The first-order valence-electron chi connectivity index (χ1n) is 9.86. The number of aryl methyl sites for hydroxylation is 1. The van der Waals surface area contributed by atoms with Crippen LogP contribution in [0, 0.1) is 6.92 Å². The second-order valence-corrected chi connectivity index (χ2v) is 8.00. The highest BCUT2D eigenvalue weighted by Gasteiger charge is 2.40. The molecule has 0 fully saturated rings. The number of nitrogens with zero attached hydrogens (tertiary/aromatic N) is 2. The molecule has 0 aliphatic carbocycles. The molecular formula is C25H22ClN3O2. The molecule has 0 saturated heterocycles. The van der Waals surface area contributed by atoms with Crippen molar-refractivity contribution in [2.75, 3.05) is 29.2 Å². The molecule has 2 amide bonds. The Bertz CT molecular complexity index is 1190. The van der Waals surface area contributed by atoms with Crippen LogP contribution in [0.15, 0.2) is 78.5 Å². The maximum atomic E-state index is 13.5. The van der Waals surface area contributed by atoms with E-state index in [2.05, 4.69) is 5.32 Å². The molecule has 0 spiro atoms. The highest BCUT2D eigenvalue weighted by Crippen LogP contribution is 2.35. The zero-order valence-electron chi connectivity index (χ0n) is 17.5. The van der Waals surface area contributed by atoms with E-state index in [1.807, 2.05) is 80.5 Å². The third kappa shape index (κ3) is 3.92. The quantitative estimate of drug-likeness (QED) is 0.570. The molecule has 3 aromatic rings. The van der Waals surface area contributed by atoms with Crippen LogP contribution in [0.5, 0.6) is 0 Å². The first-order valence-corrected chi connectivity index (χ1v) is 10.2. The minimum absolute atomic E-state index is 0.253. The third-order valence-electron chi connectivity index (χ3n) is 5.20. The van der Waals surface area contributed by atoms with Crippen LogP contribution in [0.2, 0.25) is 5.02 Å². The summed E-state index contributed by atoms with van der Waals surface area (Å²) in [6, 6.07) is 22.0. The van der Waals surface area contributed by atoms with Crippen LogP contribution in [-0.2, 0) is 9.59 Å². The molecule has 0 bridgehead atoms. The van der Waals surface area contributed by atoms with Gasteiger partial charge in [0.25, 0.3) is 11.8 Å². The van der Waals surface area contributed by atoms with E-state index in [0.717, 1.165) is 16.9 Å². The predicted molar refractivity (Wildman–Crippen MR) is 126 cm³/mol. The Morgan fingerprint density at radius 1 is 0.871 bits per heavy atom. The number of amides is 2. The van der Waals surface area contributed by atoms with Crippen molar-refractivity contribution in [3.05, 3.63) is 94.6 Å². The number of anilines is 3. The molecule has 5 nitrogen and oxygen atoms in total. The van der Waals surface area contributed by atoms with E-state index >= 15 is 0 Å². The van der Waals surface area contributed by atoms with E-state index in [4.69, 9.17) is 11.6 Å². The molecule has 1 aliphatic heterocycles. The van der Waals surface area contributed by atoms with E-state index in [9.17, 15) is 9.59 Å². The number of imide groups is 1. The van der Waals surface area contributed by atoms with Crippen molar-refractivity contribution in [3.63, 3.8) is 0 Å². The Morgan fingerprint density at radius 2 is 1.55 bits per heavy atom. The molecule has 3 aromatic carbocycles. The Kier molecular flexibility index (Phi) is 5.53. The molecule has 1 heterocycles. The van der Waals surface area contributed by atoms with Crippen molar-refractivity contribution in [3.8, 4) is 0 Å². The summed E-state index contributed by atoms with van der Waals surface area (Å²) in [7, 11) is 3.92. The normalized spacial score (nSPS) is 13.7. The van der Waals surface area contributed by atoms with Crippen molar-refractivity contribution in [2.45, 2.75) is 6.92 Å². The van der Waals surface area contributed by atoms with Gasteiger partial charge < -0.3 is 10.2 Å². The van der Waals surface area contributed by atoms with Crippen LogP contribution in [0.1, 0.15) is 11.1 Å². The number of halogens is 1. The zero-order valence-corrected chi connectivity index (χ0v) is 18.3. The van der Waals surface area contributed by atoms with Crippen molar-refractivity contribution >= 4 is 46.1 Å². The van der Waals surface area contributed by atoms with Gasteiger partial charge in [-0.15, -0.1) is 0 Å². The Labute approximate surface area is 186 Å². The van der Waals surface area contributed by atoms with Gasteiger partial charge in [0.05, 0.1) is 11.3 Å². The number of benzene rings is 3. The van der Waals surface area contributed by atoms with Crippen LogP contribution >= 0.6 is 11.6 Å². The summed E-state index contributed by atoms with van der Waals surface area (Å²) in [6.07, 6.45) is 0. The first kappa shape index (κ1) is 20.7. The minimum atomic E-state index is -0.397. The lowest BCUT2D eigenvalue weighted by atomic mass is 10.0. The van der Waals surface area contributed by atoms with Gasteiger partial charge in [-0.05, 0) is 60.5 Å². The van der Waals surface area contributed by atoms with Crippen LogP contribution < -0.4 is 15.1 Å². The molecule has 0 radical (unpaired) electrons. The lowest BCUT2D eigenvalue weighted by Gasteiger charge is -2.18. The maximum Gasteiger partial charge on any atom is 0.282 e. The molecule has 0 unspecified atom stereocenters. The largest absolute Gasteiger partial charge is 0.378 e. The summed E-state index contributed by atoms with van der Waals surface area (Å²) in [5.41, 5.74) is 4.31. The molecule has 0 aromatic heterocycles. The smallest absolute Gasteiger partial charge is 0.282 e. The van der Waals surface area contributed by atoms with Crippen LogP contribution in [0.4, 0.5) is 17.1 Å². The molecule has 0 saturated carbocycles. The predicted octanol–water partition coefficient (Wildman–Crippen LogP) is 5.11. The number of carbonyl (C=O) groups excluding carboxylic acids is 2. The highest BCUT2D eigenvalue weighted by molar-refractivity contribution is 6.46. The fourth-order valence-corrected chi connectivity index (χ4v) is 3.82. The van der Waals surface area contributed by atoms with Gasteiger partial charge in [0, 0.05) is 30.5 Å². The van der Waals surface area contributed by atoms with Crippen LogP contribution in [-0.4, -0.2) is 25.9 Å². The van der Waals surface area contributed by atoms with E-state index in [1.54, 1.807) is 18.2 Å². The fourth-order valence-electron chi connectivity index (χ4n) is 3.59. The van der Waals surface area contributed by atoms with Gasteiger partial charge in [0.15, 0.2) is 0 Å². The molecular weight excluding hydrogens is 410 g/mol. The number of nitrogens with one attached hydrogen (secondary N) is 1. The number of carbonyl (C=O) groups is 2. The monoisotopic (exact) mass is 431 g/mol. The van der Waals surface area contributed by atoms with E-state index in [1.165, 1.54) is 4.90 Å². The molecule has 4 rings (SSSR count). The topological polar surface area (TPSA) is 52.7 Å². The summed E-state index contributed by atoms with van der Waals surface area (Å²) in [6.45, 7) is 1.83. The first-order chi connectivity index (χ1) is 14.9. The number of hydrogen-bond acceptors (Lipinski definition) is 4. The third-order valence-corrected chi connectivity index (χ3v) is 5.43. The van der Waals surface area contributed by atoms with Crippen molar-refractivity contribution in [1.82, 2.24) is 0 Å². The zero-order chi connectivity index (χ0) is 22.1. The molecule has 0 atom stereocenters. The summed E-state index contributed by atoms with van der Waals surface area (Å²) < 4.78 is 0. The lowest BCUT2D eigenvalue weighted by Crippen LogP contribution is -2.33. The number of hydrogen-bond donors (Lipinski definition) is 1. The SMILES string of the molecule is Cc1cc(Cl)ccc1N1C(=O)C(Nc2ccc(N(C)C)cc2)=C(c2ccccc2)C1=O. The molecule has 1 N–H and O–H groups in total. The molecule has 1 aliphatic rings. The van der Waals surface area contributed by atoms with Gasteiger partial charge in [-0.1, -0.05) is 41.9 Å². The second-order valence-electron chi connectivity index (χ2n) is 7.56. The highest BCUT2D eigenvalue weighted by atomic mass is 35.5. The minimum Gasteiger partial charge on any atom is -0.378 e. The van der Waals surface area contributed by atoms with Gasteiger partial charge in [0.2, 0.25) is 0 Å². The van der Waals surface area contributed by atoms with Gasteiger partial charge in [-0.25, -0.2) is 4.90 Å². The second kappa shape index (κ2) is 8.28. The van der Waals surface area contributed by atoms with Gasteiger partial charge in [-0.2, -0.15) is 0 Å². The average Bonchev–Trinajstić information content (AvgIpc) is 2.99. The summed E-state index contributed by atoms with van der Waals surface area (Å²) in [4.78, 5) is 30.1. The van der Waals surface area contributed by atoms with Gasteiger partial charge >= 0.3 is 0 Å². The fraction of sp³-hybridized carbons (Fsp3) is 0.120. The Balaban J connectivity index is 1.78. The lowest BCUT2D eigenvalue weighted by molar-refractivity contribution is -0.120. The Morgan fingerprint density at radius 3 is 2.16 bits per heavy atom. The Hall–Kier alpha value is -3.57. The van der Waals surface area contributed by atoms with Gasteiger partial charge in [0.1, 0.15) is 5.70 Å². The van der Waals surface area contributed by atoms with Crippen LogP contribution in [0.3, 0.4) is 0 Å². The standard InChI is InChI=1S/C25H22ClN3O2/c1-16-15-18(26)9-14-21(16)29-24(30)22(17-7-5-4-6-8-17)23(25(29)31)27-19-10-12-20(13-11-19)28(2)3/h4-15,27H,1-3H3. The van der Waals surface area contributed by atoms with Gasteiger partial charge in [-0.3, -0.25) is 9.59 Å². The van der Waals surface area contributed by atoms with Crippen molar-refractivity contribution < 1.29 is 9.59 Å². The summed E-state index contributed by atoms with van der Waals surface area (Å²) in [5, 5.41) is 3.74. The average molecular weight is 432 g/mol. The summed E-state index contributed by atoms with van der Waals surface area (Å²) in [5.74, 6) is -0.764. The van der Waals surface area contributed by atoms with Crippen molar-refractivity contribution in [2.24, 2.45) is 0 Å². The summed E-state index contributed by atoms with van der Waals surface area (Å²) >= 11 is 6.08.